The summed E-state index contributed by atoms with van der Waals surface area (Å²) in [4.78, 5) is 46.6. The molecule has 0 saturated carbocycles. The van der Waals surface area contributed by atoms with Gasteiger partial charge in [-0.05, 0) is 67.0 Å². The molecule has 4 fully saturated rings. The number of rotatable bonds is 14. The molecule has 2 bridgehead atoms. The number of hydrogen-bond donors (Lipinski definition) is 5. The molecule has 4 saturated heterocycles. The first-order chi connectivity index (χ1) is 36.5. The van der Waals surface area contributed by atoms with E-state index >= 15 is 4.39 Å². The second-order valence-corrected chi connectivity index (χ2v) is 21.1. The fourth-order valence-electron chi connectivity index (χ4n) is 11.3. The minimum Gasteiger partial charge on any atom is -0.489 e. The summed E-state index contributed by atoms with van der Waals surface area (Å²) in [5.74, 6) is 6.79. The van der Waals surface area contributed by atoms with Gasteiger partial charge in [0.15, 0.2) is 11.5 Å². The number of hydrogen-bond acceptors (Lipinski definition) is 16. The predicted octanol–water partition coefficient (Wildman–Crippen LogP) is 6.89. The number of benzene rings is 4. The number of nitrogens with one attached hydrogen (secondary N) is 3. The highest BCUT2D eigenvalue weighted by molar-refractivity contribution is 7.13. The van der Waals surface area contributed by atoms with Crippen LogP contribution in [0.3, 0.4) is 0 Å². The Morgan fingerprint density at radius 3 is 2.65 bits per heavy atom. The van der Waals surface area contributed by atoms with E-state index in [0.717, 1.165) is 40.2 Å². The zero-order valence-electron chi connectivity index (χ0n) is 41.4. The highest BCUT2D eigenvalue weighted by Crippen LogP contribution is 2.55. The molecule has 5 aliphatic heterocycles. The van der Waals surface area contributed by atoms with E-state index in [0.29, 0.717) is 126 Å². The number of H-pyrrole nitrogens is 1. The predicted molar refractivity (Wildman–Crippen MR) is 283 cm³/mol. The lowest BCUT2D eigenvalue weighted by Gasteiger charge is -2.35. The van der Waals surface area contributed by atoms with Crippen LogP contribution in [0, 0.1) is 19.7 Å². The number of thiazole rings is 1. The molecule has 75 heavy (non-hydrogen) atoms. The number of piperazine rings is 1. The first-order valence-electron chi connectivity index (χ1n) is 25.3. The first kappa shape index (κ1) is 48.8. The Kier molecular flexibility index (Phi) is 13.2. The van der Waals surface area contributed by atoms with Gasteiger partial charge in [0.2, 0.25) is 11.8 Å². The molecule has 21 heteroatoms. The van der Waals surface area contributed by atoms with Crippen molar-refractivity contribution < 1.29 is 32.9 Å². The number of ether oxygens (including phenoxy) is 4. The minimum atomic E-state index is -0.602. The Labute approximate surface area is 440 Å². The topological polar surface area (TPSA) is 224 Å². The summed E-state index contributed by atoms with van der Waals surface area (Å²) in [6, 6.07) is 16.8. The summed E-state index contributed by atoms with van der Waals surface area (Å²) in [6.07, 6.45) is 6.56. The lowest BCUT2D eigenvalue weighted by atomic mass is 9.93. The summed E-state index contributed by atoms with van der Waals surface area (Å²) in [7, 11) is 0. The van der Waals surface area contributed by atoms with Crippen LogP contribution in [-0.4, -0.2) is 117 Å². The molecule has 7 N–H and O–H groups in total. The van der Waals surface area contributed by atoms with Gasteiger partial charge in [0.05, 0.1) is 63.2 Å². The number of aromatic nitrogens is 5. The van der Waals surface area contributed by atoms with Crippen LogP contribution in [0.25, 0.3) is 49.1 Å². The number of aryl methyl sites for hydroxylation is 1. The number of fused-ring (bicyclic) bond motifs is 7. The molecule has 4 aromatic carbocycles. The van der Waals surface area contributed by atoms with E-state index in [9.17, 15) is 9.59 Å². The van der Waals surface area contributed by atoms with Crippen molar-refractivity contribution in [3.05, 3.63) is 111 Å². The number of aromatic amines is 1. The van der Waals surface area contributed by atoms with E-state index < -0.39 is 11.9 Å². The summed E-state index contributed by atoms with van der Waals surface area (Å²) in [5, 5.41) is 16.6. The van der Waals surface area contributed by atoms with E-state index in [1.54, 1.807) is 29.4 Å². The number of nitrogens with zero attached hydrogens (tertiary/aromatic N) is 7. The van der Waals surface area contributed by atoms with E-state index in [1.807, 2.05) is 61.0 Å². The normalized spacial score (nSPS) is 20.4. The van der Waals surface area contributed by atoms with Crippen LogP contribution < -0.4 is 41.3 Å². The van der Waals surface area contributed by atoms with E-state index in [1.165, 1.54) is 17.3 Å². The summed E-state index contributed by atoms with van der Waals surface area (Å²) >= 11 is 9.18. The van der Waals surface area contributed by atoms with Gasteiger partial charge < -0.3 is 50.1 Å². The molecule has 388 valence electrons. The molecular weight excluding hydrogens is 999 g/mol. The van der Waals surface area contributed by atoms with Crippen molar-refractivity contribution in [2.24, 2.45) is 11.6 Å². The SMILES string of the molecule is Cc1ncsc1-c1ccc(CNC(=O)C2CCCN2C(=O)CN(N)/C=C(\N)c2ccc(COc3c(-c4c(C)c(F)cc5[nH]ncc45)c(Cl)c4c5c(nc(OC6CCOCC6)nc35)N3C5CNC(C5)C3CO4)cc2)cc1. The van der Waals surface area contributed by atoms with Crippen molar-refractivity contribution >= 4 is 68.1 Å². The molecule has 2 amide bonds. The largest absolute Gasteiger partial charge is 0.489 e. The van der Waals surface area contributed by atoms with E-state index in [-0.39, 0.29) is 60.2 Å². The first-order valence-corrected chi connectivity index (χ1v) is 26.6. The summed E-state index contributed by atoms with van der Waals surface area (Å²) in [5.41, 5.74) is 15.3. The van der Waals surface area contributed by atoms with Gasteiger partial charge in [-0.15, -0.1) is 11.3 Å². The Balaban J connectivity index is 0.791. The van der Waals surface area contributed by atoms with Gasteiger partial charge in [0.1, 0.15) is 49.1 Å². The number of halogens is 2. The van der Waals surface area contributed by atoms with Crippen molar-refractivity contribution in [1.29, 1.82) is 0 Å². The zero-order chi connectivity index (χ0) is 51.5. The van der Waals surface area contributed by atoms with Gasteiger partial charge in [-0.2, -0.15) is 15.1 Å². The van der Waals surface area contributed by atoms with Gasteiger partial charge >= 0.3 is 6.01 Å². The third kappa shape index (κ3) is 9.21. The molecule has 8 heterocycles. The van der Waals surface area contributed by atoms with Crippen molar-refractivity contribution in [2.75, 3.05) is 44.4 Å². The average molecular weight is 1060 g/mol. The Bertz CT molecular complexity index is 3370. The van der Waals surface area contributed by atoms with Crippen molar-refractivity contribution in [2.45, 2.75) is 89.4 Å². The number of hydrazine groups is 1. The van der Waals surface area contributed by atoms with Gasteiger partial charge in [0.25, 0.3) is 0 Å². The van der Waals surface area contributed by atoms with Gasteiger partial charge in [0, 0.05) is 67.3 Å². The Hall–Kier alpha value is -7.10. The molecule has 4 atom stereocenters. The Morgan fingerprint density at radius 2 is 1.87 bits per heavy atom. The second-order valence-electron chi connectivity index (χ2n) is 19.9. The number of carbonyl (C=O) groups excluding carboxylic acids is 2. The maximum Gasteiger partial charge on any atom is 0.319 e. The standard InChI is InChI=1S/C54H56ClFN12O6S/c1-28-37(56)19-39-36(22-62-65-39)44(28)45-47(55)49-46-48(63-54(74-35-13-16-71-17-14-35)64-52(46)68-34-18-40(59-21-34)42(68)26-73-49)50(45)72-25-31-7-9-32(10-8-31)38(57)23-66(58)24-43(69)67-15-3-4-41(67)53(70)60-20-30-5-11-33(12-6-30)51-29(2)61-27-75-51/h5-12,19,22-23,27,34-35,40-42,59H,3-4,13-18,20-21,24-26,57-58H2,1-2H3,(H,60,70)(H,62,65)/b38-23-. The summed E-state index contributed by atoms with van der Waals surface area (Å²) < 4.78 is 41.9. The third-order valence-corrected chi connectivity index (χ3v) is 16.5. The molecule has 5 aliphatic rings. The van der Waals surface area contributed by atoms with Gasteiger partial charge in [-0.25, -0.2) is 15.2 Å². The summed E-state index contributed by atoms with van der Waals surface area (Å²) in [6.45, 7) is 6.60. The number of anilines is 1. The van der Waals surface area contributed by atoms with Crippen molar-refractivity contribution in [1.82, 2.24) is 45.7 Å². The smallest absolute Gasteiger partial charge is 0.319 e. The second kappa shape index (κ2) is 20.2. The molecular formula is C54H56ClFN12O6S. The number of likely N-dealkylation sites (tertiary alicyclic amines) is 1. The molecule has 12 rings (SSSR count). The molecule has 0 radical (unpaired) electrons. The average Bonchev–Trinajstić information content (AvgIpc) is 4.30. The highest BCUT2D eigenvalue weighted by Gasteiger charge is 2.50. The monoisotopic (exact) mass is 1050 g/mol. The van der Waals surface area contributed by atoms with Crippen LogP contribution in [0.4, 0.5) is 10.2 Å². The highest BCUT2D eigenvalue weighted by atomic mass is 35.5. The zero-order valence-corrected chi connectivity index (χ0v) is 43.0. The fourth-order valence-corrected chi connectivity index (χ4v) is 12.5. The maximum absolute atomic E-state index is 16.0. The van der Waals surface area contributed by atoms with Gasteiger partial charge in [-0.1, -0.05) is 60.1 Å². The lowest BCUT2D eigenvalue weighted by molar-refractivity contribution is -0.139. The van der Waals surface area contributed by atoms with Crippen molar-refractivity contribution in [3.63, 3.8) is 0 Å². The molecule has 4 unspecified atom stereocenters. The molecule has 18 nitrogen and oxygen atoms in total. The van der Waals surface area contributed by atoms with Crippen LogP contribution in [0.15, 0.2) is 72.5 Å². The number of carbonyl (C=O) groups is 2. The molecule has 3 aromatic heterocycles. The van der Waals surface area contributed by atoms with Crippen LogP contribution in [0.5, 0.6) is 17.5 Å². The number of nitrogens with two attached hydrogens (primary N) is 2. The fraction of sp³-hybridized carbons (Fsp3) is 0.370. The van der Waals surface area contributed by atoms with E-state index in [2.05, 4.69) is 30.7 Å². The maximum atomic E-state index is 16.0. The molecule has 0 aliphatic carbocycles. The number of amides is 2. The van der Waals surface area contributed by atoms with E-state index in [4.69, 9.17) is 52.1 Å². The molecule has 0 spiro atoms. The quantitative estimate of drug-likeness (QED) is 0.0552. The van der Waals surface area contributed by atoms with Crippen LogP contribution in [-0.2, 0) is 27.5 Å². The van der Waals surface area contributed by atoms with Gasteiger partial charge in [-0.3, -0.25) is 14.7 Å². The van der Waals surface area contributed by atoms with Crippen LogP contribution >= 0.6 is 22.9 Å². The minimum absolute atomic E-state index is 0.0338. The molecule has 7 aromatic rings. The van der Waals surface area contributed by atoms with Crippen LogP contribution in [0.2, 0.25) is 5.02 Å². The third-order valence-electron chi connectivity index (χ3n) is 15.2. The Morgan fingerprint density at radius 1 is 1.07 bits per heavy atom. The van der Waals surface area contributed by atoms with Crippen molar-refractivity contribution in [3.8, 4) is 39.1 Å². The van der Waals surface area contributed by atoms with Crippen LogP contribution in [0.1, 0.15) is 60.1 Å². The lowest BCUT2D eigenvalue weighted by Crippen LogP contribution is -2.53.